The molecule has 0 atom stereocenters. The minimum atomic E-state index is 0.284. The lowest BCUT2D eigenvalue weighted by Gasteiger charge is -2.17. The molecule has 5 nitrogen and oxygen atoms in total. The molecule has 96 valence electrons. The van der Waals surface area contributed by atoms with E-state index in [0.29, 0.717) is 0 Å². The van der Waals surface area contributed by atoms with Gasteiger partial charge >= 0.3 is 0 Å². The van der Waals surface area contributed by atoms with Gasteiger partial charge in [0.2, 0.25) is 0 Å². The van der Waals surface area contributed by atoms with Gasteiger partial charge in [0.05, 0.1) is 24.1 Å². The van der Waals surface area contributed by atoms with E-state index in [9.17, 15) is 0 Å². The van der Waals surface area contributed by atoms with Crippen LogP contribution in [-0.4, -0.2) is 36.2 Å². The second-order valence-corrected chi connectivity index (χ2v) is 4.34. The maximum absolute atomic E-state index is 5.50. The number of nitrogens with zero attached hydrogens (tertiary/aromatic N) is 2. The summed E-state index contributed by atoms with van der Waals surface area (Å²) in [6, 6.07) is 3.78. The zero-order chi connectivity index (χ0) is 12.7. The van der Waals surface area contributed by atoms with Gasteiger partial charge in [0, 0.05) is 19.3 Å². The number of aromatic nitrogens is 1. The first-order chi connectivity index (χ1) is 8.11. The van der Waals surface area contributed by atoms with Crippen LogP contribution in [0.15, 0.2) is 18.3 Å². The number of ether oxygens (including phenoxy) is 1. The summed E-state index contributed by atoms with van der Waals surface area (Å²) in [7, 11) is 2.05. The first kappa shape index (κ1) is 13.9. The lowest BCUT2D eigenvalue weighted by Crippen LogP contribution is -2.24. The Labute approximate surface area is 103 Å². The van der Waals surface area contributed by atoms with Crippen molar-refractivity contribution in [1.82, 2.24) is 9.88 Å². The van der Waals surface area contributed by atoms with Gasteiger partial charge in [0.1, 0.15) is 0 Å². The molecule has 0 fully saturated rings. The van der Waals surface area contributed by atoms with Crippen LogP contribution in [0, 0.1) is 0 Å². The van der Waals surface area contributed by atoms with E-state index in [4.69, 9.17) is 10.6 Å². The molecule has 0 aliphatic heterocycles. The summed E-state index contributed by atoms with van der Waals surface area (Å²) < 4.78 is 5.50. The van der Waals surface area contributed by atoms with E-state index >= 15 is 0 Å². The molecule has 3 N–H and O–H groups in total. The molecule has 0 aromatic carbocycles. The standard InChI is InChI=1S/C12H22N4O/c1-10(2)17-7-6-16(3)9-12-8-11(15-13)4-5-14-12/h4-5,8,10H,6-7,9,13H2,1-3H3,(H,14,15). The van der Waals surface area contributed by atoms with Crippen molar-refractivity contribution in [1.29, 1.82) is 0 Å². The van der Waals surface area contributed by atoms with Crippen LogP contribution in [-0.2, 0) is 11.3 Å². The fourth-order valence-corrected chi connectivity index (χ4v) is 1.45. The van der Waals surface area contributed by atoms with Crippen LogP contribution in [0.3, 0.4) is 0 Å². The van der Waals surface area contributed by atoms with E-state index < -0.39 is 0 Å². The third-order valence-corrected chi connectivity index (χ3v) is 2.34. The number of nitrogen functional groups attached to an aromatic ring is 1. The number of hydrazine groups is 1. The van der Waals surface area contributed by atoms with Crippen molar-refractivity contribution in [3.63, 3.8) is 0 Å². The van der Waals surface area contributed by atoms with E-state index in [1.165, 1.54) is 0 Å². The summed E-state index contributed by atoms with van der Waals surface area (Å²) >= 11 is 0. The maximum Gasteiger partial charge on any atom is 0.0596 e. The summed E-state index contributed by atoms with van der Waals surface area (Å²) in [5, 5.41) is 0. The molecule has 1 heterocycles. The van der Waals surface area contributed by atoms with Crippen LogP contribution in [0.1, 0.15) is 19.5 Å². The smallest absolute Gasteiger partial charge is 0.0596 e. The average molecular weight is 238 g/mol. The first-order valence-corrected chi connectivity index (χ1v) is 5.83. The Bertz CT molecular complexity index is 330. The predicted molar refractivity (Wildman–Crippen MR) is 69.5 cm³/mol. The second kappa shape index (κ2) is 7.21. The van der Waals surface area contributed by atoms with Crippen molar-refractivity contribution >= 4 is 5.69 Å². The monoisotopic (exact) mass is 238 g/mol. The SMILES string of the molecule is CC(C)OCCN(C)Cc1cc(NN)ccn1. The van der Waals surface area contributed by atoms with Gasteiger partial charge in [-0.3, -0.25) is 15.7 Å². The molecule has 1 aromatic heterocycles. The zero-order valence-electron chi connectivity index (χ0n) is 10.8. The number of pyridine rings is 1. The number of rotatable bonds is 7. The van der Waals surface area contributed by atoms with E-state index in [1.54, 1.807) is 6.20 Å². The fraction of sp³-hybridized carbons (Fsp3) is 0.583. The Balaban J connectivity index is 2.36. The van der Waals surface area contributed by atoms with Crippen LogP contribution < -0.4 is 11.3 Å². The third-order valence-electron chi connectivity index (χ3n) is 2.34. The minimum absolute atomic E-state index is 0.284. The molecular formula is C12H22N4O. The predicted octanol–water partition coefficient (Wildman–Crippen LogP) is 1.22. The lowest BCUT2D eigenvalue weighted by atomic mass is 10.3. The Hall–Kier alpha value is -1.17. The Morgan fingerprint density at radius 2 is 2.29 bits per heavy atom. The molecule has 0 saturated carbocycles. The Morgan fingerprint density at radius 3 is 2.94 bits per heavy atom. The van der Waals surface area contributed by atoms with E-state index in [0.717, 1.165) is 31.1 Å². The van der Waals surface area contributed by atoms with E-state index in [-0.39, 0.29) is 6.10 Å². The van der Waals surface area contributed by atoms with Crippen molar-refractivity contribution in [3.05, 3.63) is 24.0 Å². The summed E-state index contributed by atoms with van der Waals surface area (Å²) in [4.78, 5) is 6.46. The quantitative estimate of drug-likeness (QED) is 0.552. The molecule has 1 aromatic rings. The summed E-state index contributed by atoms with van der Waals surface area (Å²) in [5.74, 6) is 5.35. The molecule has 5 heteroatoms. The number of likely N-dealkylation sites (N-methyl/N-ethyl adjacent to an activating group) is 1. The Kier molecular flexibility index (Phi) is 5.90. The molecule has 0 radical (unpaired) electrons. The number of hydrogen-bond acceptors (Lipinski definition) is 5. The topological polar surface area (TPSA) is 63.4 Å². The molecule has 0 amide bonds. The number of anilines is 1. The molecule has 0 aliphatic carbocycles. The van der Waals surface area contributed by atoms with Crippen LogP contribution in [0.2, 0.25) is 0 Å². The molecule has 0 spiro atoms. The zero-order valence-corrected chi connectivity index (χ0v) is 10.8. The van der Waals surface area contributed by atoms with Gasteiger partial charge in [-0.05, 0) is 33.0 Å². The number of nitrogens with two attached hydrogens (primary N) is 1. The highest BCUT2D eigenvalue weighted by molar-refractivity contribution is 5.41. The molecule has 0 bridgehead atoms. The summed E-state index contributed by atoms with van der Waals surface area (Å²) in [6.45, 7) is 6.50. The minimum Gasteiger partial charge on any atom is -0.377 e. The van der Waals surface area contributed by atoms with Crippen molar-refractivity contribution in [3.8, 4) is 0 Å². The van der Waals surface area contributed by atoms with E-state index in [1.807, 2.05) is 33.0 Å². The molecular weight excluding hydrogens is 216 g/mol. The molecule has 0 aliphatic rings. The van der Waals surface area contributed by atoms with Crippen molar-refractivity contribution in [2.75, 3.05) is 25.6 Å². The fourth-order valence-electron chi connectivity index (χ4n) is 1.45. The van der Waals surface area contributed by atoms with Crippen molar-refractivity contribution in [2.24, 2.45) is 5.84 Å². The number of nitrogens with one attached hydrogen (secondary N) is 1. The molecule has 17 heavy (non-hydrogen) atoms. The highest BCUT2D eigenvalue weighted by atomic mass is 16.5. The summed E-state index contributed by atoms with van der Waals surface area (Å²) in [5.41, 5.74) is 4.49. The van der Waals surface area contributed by atoms with Crippen molar-refractivity contribution in [2.45, 2.75) is 26.5 Å². The second-order valence-electron chi connectivity index (χ2n) is 4.34. The van der Waals surface area contributed by atoms with Gasteiger partial charge in [-0.15, -0.1) is 0 Å². The Morgan fingerprint density at radius 1 is 1.53 bits per heavy atom. The molecule has 1 rings (SSSR count). The van der Waals surface area contributed by atoms with Gasteiger partial charge in [-0.1, -0.05) is 0 Å². The van der Waals surface area contributed by atoms with Gasteiger partial charge < -0.3 is 10.2 Å². The first-order valence-electron chi connectivity index (χ1n) is 5.83. The highest BCUT2D eigenvalue weighted by Gasteiger charge is 2.03. The van der Waals surface area contributed by atoms with Gasteiger partial charge in [0.15, 0.2) is 0 Å². The van der Waals surface area contributed by atoms with E-state index in [2.05, 4.69) is 15.3 Å². The average Bonchev–Trinajstić information content (AvgIpc) is 2.28. The van der Waals surface area contributed by atoms with Gasteiger partial charge in [-0.2, -0.15) is 0 Å². The lowest BCUT2D eigenvalue weighted by molar-refractivity contribution is 0.0625. The van der Waals surface area contributed by atoms with Crippen LogP contribution in [0.25, 0.3) is 0 Å². The summed E-state index contributed by atoms with van der Waals surface area (Å²) in [6.07, 6.45) is 2.04. The van der Waals surface area contributed by atoms with Crippen LogP contribution in [0.4, 0.5) is 5.69 Å². The van der Waals surface area contributed by atoms with Crippen molar-refractivity contribution < 1.29 is 4.74 Å². The van der Waals surface area contributed by atoms with Gasteiger partial charge in [-0.25, -0.2) is 0 Å². The van der Waals surface area contributed by atoms with Crippen LogP contribution >= 0.6 is 0 Å². The highest BCUT2D eigenvalue weighted by Crippen LogP contribution is 2.07. The van der Waals surface area contributed by atoms with Gasteiger partial charge in [0.25, 0.3) is 0 Å². The molecule has 0 unspecified atom stereocenters. The third kappa shape index (κ3) is 5.63. The van der Waals surface area contributed by atoms with Crippen LogP contribution in [0.5, 0.6) is 0 Å². The maximum atomic E-state index is 5.50. The normalized spacial score (nSPS) is 11.2. The molecule has 0 saturated heterocycles. The number of hydrogen-bond donors (Lipinski definition) is 2. The largest absolute Gasteiger partial charge is 0.377 e.